The van der Waals surface area contributed by atoms with Gasteiger partial charge in [0.15, 0.2) is 0 Å². The molecular weight excluding hydrogens is 234 g/mol. The number of ether oxygens (including phenoxy) is 1. The largest absolute Gasteiger partial charge is 0.484 e. The second kappa shape index (κ2) is 5.89. The Bertz CT molecular complexity index is 491. The molecule has 2 aromatic carbocycles. The highest BCUT2D eigenvalue weighted by Crippen LogP contribution is 2.28. The lowest BCUT2D eigenvalue weighted by atomic mass is 10.0. The van der Waals surface area contributed by atoms with Gasteiger partial charge in [-0.15, -0.1) is 0 Å². The predicted molar refractivity (Wildman–Crippen MR) is 77.3 cm³/mol. The van der Waals surface area contributed by atoms with Gasteiger partial charge in [0.1, 0.15) is 11.9 Å². The molecule has 0 radical (unpaired) electrons. The van der Waals surface area contributed by atoms with Crippen LogP contribution in [-0.4, -0.2) is 12.6 Å². The Kier molecular flexibility index (Phi) is 3.80. The average Bonchev–Trinajstić information content (AvgIpc) is 3.01. The van der Waals surface area contributed by atoms with Crippen LogP contribution in [0.4, 0.5) is 0 Å². The SMILES string of the molecule is c1ccc(OC(c2ccccc2)C2CCCN2)cc1. The smallest absolute Gasteiger partial charge is 0.139 e. The van der Waals surface area contributed by atoms with Crippen LogP contribution in [0.15, 0.2) is 60.7 Å². The second-order valence-electron chi connectivity index (χ2n) is 4.97. The highest BCUT2D eigenvalue weighted by molar-refractivity contribution is 5.25. The molecule has 2 heteroatoms. The summed E-state index contributed by atoms with van der Waals surface area (Å²) in [6.07, 6.45) is 2.49. The molecule has 0 spiro atoms. The Balaban J connectivity index is 1.84. The molecule has 0 amide bonds. The van der Waals surface area contributed by atoms with Crippen LogP contribution in [-0.2, 0) is 0 Å². The van der Waals surface area contributed by atoms with Crippen molar-refractivity contribution in [3.05, 3.63) is 66.2 Å². The lowest BCUT2D eigenvalue weighted by Gasteiger charge is -2.25. The monoisotopic (exact) mass is 253 g/mol. The van der Waals surface area contributed by atoms with Crippen LogP contribution >= 0.6 is 0 Å². The number of hydrogen-bond donors (Lipinski definition) is 1. The number of benzene rings is 2. The quantitative estimate of drug-likeness (QED) is 0.899. The van der Waals surface area contributed by atoms with Gasteiger partial charge in [-0.25, -0.2) is 0 Å². The summed E-state index contributed by atoms with van der Waals surface area (Å²) in [5.74, 6) is 0.935. The summed E-state index contributed by atoms with van der Waals surface area (Å²) < 4.78 is 6.22. The molecule has 2 nitrogen and oxygen atoms in total. The van der Waals surface area contributed by atoms with Gasteiger partial charge >= 0.3 is 0 Å². The zero-order valence-electron chi connectivity index (χ0n) is 11.0. The van der Waals surface area contributed by atoms with Crippen molar-refractivity contribution in [1.82, 2.24) is 5.32 Å². The minimum Gasteiger partial charge on any atom is -0.484 e. The molecule has 1 heterocycles. The van der Waals surface area contributed by atoms with Crippen molar-refractivity contribution in [2.45, 2.75) is 25.0 Å². The Morgan fingerprint density at radius 3 is 2.26 bits per heavy atom. The van der Waals surface area contributed by atoms with Crippen molar-refractivity contribution < 1.29 is 4.74 Å². The Morgan fingerprint density at radius 1 is 0.947 bits per heavy atom. The Labute approximate surface area is 114 Å². The summed E-state index contributed by atoms with van der Waals surface area (Å²) in [7, 11) is 0. The Morgan fingerprint density at radius 2 is 1.63 bits per heavy atom. The van der Waals surface area contributed by atoms with Crippen molar-refractivity contribution in [2.75, 3.05) is 6.54 Å². The highest BCUT2D eigenvalue weighted by atomic mass is 16.5. The molecule has 1 N–H and O–H groups in total. The first kappa shape index (κ1) is 12.2. The van der Waals surface area contributed by atoms with Crippen LogP contribution in [0.2, 0.25) is 0 Å². The third-order valence-corrected chi connectivity index (χ3v) is 3.60. The molecule has 3 rings (SSSR count). The number of para-hydroxylation sites is 1. The van der Waals surface area contributed by atoms with Crippen LogP contribution in [0.1, 0.15) is 24.5 Å². The van der Waals surface area contributed by atoms with Crippen LogP contribution in [0.25, 0.3) is 0 Å². The fourth-order valence-electron chi connectivity index (χ4n) is 2.64. The molecule has 0 aliphatic carbocycles. The first-order valence-electron chi connectivity index (χ1n) is 6.93. The average molecular weight is 253 g/mol. The molecule has 2 aromatic rings. The third kappa shape index (κ3) is 2.96. The van der Waals surface area contributed by atoms with E-state index in [0.29, 0.717) is 6.04 Å². The van der Waals surface area contributed by atoms with E-state index in [0.717, 1.165) is 12.3 Å². The summed E-state index contributed by atoms with van der Waals surface area (Å²) in [6, 6.07) is 21.0. The number of nitrogens with one attached hydrogen (secondary N) is 1. The Hall–Kier alpha value is -1.80. The van der Waals surface area contributed by atoms with Gasteiger partial charge in [0.2, 0.25) is 0 Å². The topological polar surface area (TPSA) is 21.3 Å². The van der Waals surface area contributed by atoms with E-state index in [9.17, 15) is 0 Å². The molecule has 98 valence electrons. The van der Waals surface area contributed by atoms with Crippen molar-refractivity contribution in [1.29, 1.82) is 0 Å². The highest BCUT2D eigenvalue weighted by Gasteiger charge is 2.27. The molecule has 0 saturated carbocycles. The first-order chi connectivity index (χ1) is 9.43. The second-order valence-corrected chi connectivity index (χ2v) is 4.97. The van der Waals surface area contributed by atoms with Gasteiger partial charge in [-0.05, 0) is 37.1 Å². The molecule has 1 saturated heterocycles. The fraction of sp³-hybridized carbons (Fsp3) is 0.294. The maximum Gasteiger partial charge on any atom is 0.139 e. The van der Waals surface area contributed by atoms with E-state index in [-0.39, 0.29) is 6.10 Å². The van der Waals surface area contributed by atoms with Crippen LogP contribution < -0.4 is 10.1 Å². The van der Waals surface area contributed by atoms with Crippen LogP contribution in [0.3, 0.4) is 0 Å². The fourth-order valence-corrected chi connectivity index (χ4v) is 2.64. The minimum absolute atomic E-state index is 0.0890. The van der Waals surface area contributed by atoms with Gasteiger partial charge in [0.05, 0.1) is 0 Å². The van der Waals surface area contributed by atoms with E-state index in [1.165, 1.54) is 18.4 Å². The van der Waals surface area contributed by atoms with E-state index < -0.39 is 0 Å². The van der Waals surface area contributed by atoms with Gasteiger partial charge in [-0.1, -0.05) is 48.5 Å². The number of hydrogen-bond acceptors (Lipinski definition) is 2. The van der Waals surface area contributed by atoms with Crippen LogP contribution in [0, 0.1) is 0 Å². The van der Waals surface area contributed by atoms with Gasteiger partial charge < -0.3 is 10.1 Å². The van der Waals surface area contributed by atoms with E-state index >= 15 is 0 Å². The maximum absolute atomic E-state index is 6.22. The summed E-state index contributed by atoms with van der Waals surface area (Å²) in [5.41, 5.74) is 1.24. The van der Waals surface area contributed by atoms with E-state index in [2.05, 4.69) is 29.6 Å². The summed E-state index contributed by atoms with van der Waals surface area (Å²) in [6.45, 7) is 1.09. The molecule has 1 aliphatic heterocycles. The summed E-state index contributed by atoms with van der Waals surface area (Å²) in [4.78, 5) is 0. The van der Waals surface area contributed by atoms with Crippen molar-refractivity contribution >= 4 is 0 Å². The van der Waals surface area contributed by atoms with Gasteiger partial charge in [-0.2, -0.15) is 0 Å². The van der Waals surface area contributed by atoms with Crippen molar-refractivity contribution in [3.63, 3.8) is 0 Å². The first-order valence-corrected chi connectivity index (χ1v) is 6.93. The van der Waals surface area contributed by atoms with Gasteiger partial charge in [0, 0.05) is 6.04 Å². The lowest BCUT2D eigenvalue weighted by Crippen LogP contribution is -2.32. The molecular formula is C17H19NO. The zero-order chi connectivity index (χ0) is 12.9. The summed E-state index contributed by atoms with van der Waals surface area (Å²) >= 11 is 0. The molecule has 2 unspecified atom stereocenters. The molecule has 2 atom stereocenters. The standard InChI is InChI=1S/C17H19NO/c1-3-8-14(9-4-1)17(16-12-7-13-18-16)19-15-10-5-2-6-11-15/h1-6,8-11,16-18H,7,12-13H2. The van der Waals surface area contributed by atoms with E-state index in [1.807, 2.05) is 36.4 Å². The molecule has 19 heavy (non-hydrogen) atoms. The number of rotatable bonds is 4. The predicted octanol–water partition coefficient (Wildman–Crippen LogP) is 3.56. The minimum atomic E-state index is 0.0890. The summed E-state index contributed by atoms with van der Waals surface area (Å²) in [5, 5.41) is 3.55. The molecule has 1 fully saturated rings. The van der Waals surface area contributed by atoms with Crippen molar-refractivity contribution in [3.8, 4) is 5.75 Å². The van der Waals surface area contributed by atoms with Gasteiger partial charge in [-0.3, -0.25) is 0 Å². The maximum atomic E-state index is 6.22. The normalized spacial score (nSPS) is 20.1. The van der Waals surface area contributed by atoms with Crippen molar-refractivity contribution in [2.24, 2.45) is 0 Å². The van der Waals surface area contributed by atoms with E-state index in [1.54, 1.807) is 0 Å². The van der Waals surface area contributed by atoms with Crippen LogP contribution in [0.5, 0.6) is 5.75 Å². The van der Waals surface area contributed by atoms with E-state index in [4.69, 9.17) is 4.74 Å². The lowest BCUT2D eigenvalue weighted by molar-refractivity contribution is 0.164. The third-order valence-electron chi connectivity index (χ3n) is 3.60. The zero-order valence-corrected chi connectivity index (χ0v) is 11.0. The van der Waals surface area contributed by atoms with Gasteiger partial charge in [0.25, 0.3) is 0 Å². The molecule has 1 aliphatic rings. The molecule has 0 bridgehead atoms. The molecule has 0 aromatic heterocycles.